The number of oxazole rings is 1. The number of aryl methyl sites for hydroxylation is 1. The first kappa shape index (κ1) is 14.6. The molecule has 2 rings (SSSR count). The number of hydrogen-bond acceptors (Lipinski definition) is 3. The van der Waals surface area contributed by atoms with Gasteiger partial charge in [-0.05, 0) is 31.6 Å². The molecule has 0 radical (unpaired) electrons. The Morgan fingerprint density at radius 1 is 1.20 bits per heavy atom. The number of benzene rings is 1. The molecule has 0 spiro atoms. The Morgan fingerprint density at radius 2 is 1.90 bits per heavy atom. The standard InChI is InChI=1S/C14H15F3N2O/c1-2-18-5-3-4-13-19-8-12(20-13)9-6-10(15)14(17)11(16)7-9/h6-8,18H,2-5H2,1H3. The zero-order valence-corrected chi connectivity index (χ0v) is 11.0. The molecule has 0 unspecified atom stereocenters. The molecule has 1 N–H and O–H groups in total. The summed E-state index contributed by atoms with van der Waals surface area (Å²) in [5.74, 6) is -3.27. The van der Waals surface area contributed by atoms with E-state index in [9.17, 15) is 13.2 Å². The van der Waals surface area contributed by atoms with Crippen molar-refractivity contribution in [3.05, 3.63) is 41.7 Å². The average Bonchev–Trinajstić information content (AvgIpc) is 2.89. The highest BCUT2D eigenvalue weighted by Crippen LogP contribution is 2.24. The number of hydrogen-bond donors (Lipinski definition) is 1. The maximum absolute atomic E-state index is 13.1. The van der Waals surface area contributed by atoms with E-state index in [1.807, 2.05) is 6.92 Å². The summed E-state index contributed by atoms with van der Waals surface area (Å²) < 4.78 is 44.5. The molecule has 0 saturated carbocycles. The summed E-state index contributed by atoms with van der Waals surface area (Å²) in [6, 6.07) is 1.78. The molecule has 0 amide bonds. The van der Waals surface area contributed by atoms with E-state index in [4.69, 9.17) is 4.42 Å². The SMILES string of the molecule is CCNCCCc1ncc(-c2cc(F)c(F)c(F)c2)o1. The minimum Gasteiger partial charge on any atom is -0.441 e. The van der Waals surface area contributed by atoms with Gasteiger partial charge in [-0.3, -0.25) is 0 Å². The van der Waals surface area contributed by atoms with Crippen LogP contribution in [-0.4, -0.2) is 18.1 Å². The molecule has 0 fully saturated rings. The number of nitrogens with zero attached hydrogens (tertiary/aromatic N) is 1. The molecule has 3 nitrogen and oxygen atoms in total. The van der Waals surface area contributed by atoms with E-state index in [0.29, 0.717) is 12.3 Å². The fourth-order valence-corrected chi connectivity index (χ4v) is 1.80. The zero-order chi connectivity index (χ0) is 14.5. The summed E-state index contributed by atoms with van der Waals surface area (Å²) in [6.07, 6.45) is 2.85. The number of nitrogens with one attached hydrogen (secondary N) is 1. The molecule has 0 aliphatic heterocycles. The predicted molar refractivity (Wildman–Crippen MR) is 68.7 cm³/mol. The van der Waals surface area contributed by atoms with Gasteiger partial charge in [0, 0.05) is 12.0 Å². The van der Waals surface area contributed by atoms with Gasteiger partial charge in [0.05, 0.1) is 6.20 Å². The Labute approximate surface area is 114 Å². The van der Waals surface area contributed by atoms with Crippen molar-refractivity contribution >= 4 is 0 Å². The van der Waals surface area contributed by atoms with Crippen LogP contribution in [0.25, 0.3) is 11.3 Å². The van der Waals surface area contributed by atoms with Gasteiger partial charge in [-0.1, -0.05) is 6.92 Å². The van der Waals surface area contributed by atoms with Crippen LogP contribution < -0.4 is 5.32 Å². The van der Waals surface area contributed by atoms with E-state index in [-0.39, 0.29) is 11.3 Å². The molecule has 0 bridgehead atoms. The molecular weight excluding hydrogens is 269 g/mol. The summed E-state index contributed by atoms with van der Waals surface area (Å²) in [4.78, 5) is 4.04. The second-order valence-corrected chi connectivity index (χ2v) is 4.33. The molecule has 108 valence electrons. The topological polar surface area (TPSA) is 38.1 Å². The van der Waals surface area contributed by atoms with Crippen LogP contribution >= 0.6 is 0 Å². The maximum Gasteiger partial charge on any atom is 0.194 e. The number of halogens is 3. The van der Waals surface area contributed by atoms with Gasteiger partial charge in [-0.2, -0.15) is 0 Å². The third-order valence-corrected chi connectivity index (χ3v) is 2.82. The van der Waals surface area contributed by atoms with Crippen LogP contribution in [0.2, 0.25) is 0 Å². The lowest BCUT2D eigenvalue weighted by Gasteiger charge is -2.00. The largest absolute Gasteiger partial charge is 0.441 e. The molecule has 0 saturated heterocycles. The van der Waals surface area contributed by atoms with E-state index >= 15 is 0 Å². The lowest BCUT2D eigenvalue weighted by atomic mass is 10.1. The first-order valence-electron chi connectivity index (χ1n) is 6.42. The van der Waals surface area contributed by atoms with Crippen LogP contribution in [0.5, 0.6) is 0 Å². The van der Waals surface area contributed by atoms with Crippen molar-refractivity contribution in [1.82, 2.24) is 10.3 Å². The van der Waals surface area contributed by atoms with E-state index in [0.717, 1.165) is 31.6 Å². The van der Waals surface area contributed by atoms with Crippen LogP contribution in [0.4, 0.5) is 13.2 Å². The first-order chi connectivity index (χ1) is 9.61. The van der Waals surface area contributed by atoms with Gasteiger partial charge in [0.25, 0.3) is 0 Å². The Balaban J connectivity index is 2.08. The molecular formula is C14H15F3N2O. The molecule has 0 aliphatic rings. The van der Waals surface area contributed by atoms with Gasteiger partial charge in [-0.25, -0.2) is 18.2 Å². The fraction of sp³-hybridized carbons (Fsp3) is 0.357. The van der Waals surface area contributed by atoms with Crippen molar-refractivity contribution in [2.45, 2.75) is 19.8 Å². The summed E-state index contributed by atoms with van der Waals surface area (Å²) in [5.41, 5.74) is 0.131. The van der Waals surface area contributed by atoms with Crippen LogP contribution in [0.15, 0.2) is 22.7 Å². The normalized spacial score (nSPS) is 11.0. The summed E-state index contributed by atoms with van der Waals surface area (Å²) in [7, 11) is 0. The van der Waals surface area contributed by atoms with Gasteiger partial charge in [-0.15, -0.1) is 0 Å². The zero-order valence-electron chi connectivity index (χ0n) is 11.0. The van der Waals surface area contributed by atoms with Crippen molar-refractivity contribution in [3.63, 3.8) is 0 Å². The maximum atomic E-state index is 13.1. The van der Waals surface area contributed by atoms with E-state index in [1.54, 1.807) is 0 Å². The smallest absolute Gasteiger partial charge is 0.194 e. The number of rotatable bonds is 6. The Kier molecular flexibility index (Phi) is 4.79. The quantitative estimate of drug-likeness (QED) is 0.653. The van der Waals surface area contributed by atoms with Gasteiger partial charge < -0.3 is 9.73 Å². The lowest BCUT2D eigenvalue weighted by Crippen LogP contribution is -2.14. The van der Waals surface area contributed by atoms with Crippen LogP contribution in [0.1, 0.15) is 19.2 Å². The van der Waals surface area contributed by atoms with Gasteiger partial charge >= 0.3 is 0 Å². The van der Waals surface area contributed by atoms with Crippen molar-refractivity contribution in [2.75, 3.05) is 13.1 Å². The van der Waals surface area contributed by atoms with Gasteiger partial charge in [0.2, 0.25) is 0 Å². The molecule has 1 aromatic carbocycles. The summed E-state index contributed by atoms with van der Waals surface area (Å²) in [6.45, 7) is 3.75. The van der Waals surface area contributed by atoms with Gasteiger partial charge in [0.1, 0.15) is 0 Å². The molecule has 6 heteroatoms. The fourth-order valence-electron chi connectivity index (χ4n) is 1.80. The van der Waals surface area contributed by atoms with Crippen molar-refractivity contribution < 1.29 is 17.6 Å². The predicted octanol–water partition coefficient (Wildman–Crippen LogP) is 3.30. The molecule has 0 aliphatic carbocycles. The highest BCUT2D eigenvalue weighted by atomic mass is 19.2. The molecule has 20 heavy (non-hydrogen) atoms. The molecule has 1 aromatic heterocycles. The monoisotopic (exact) mass is 284 g/mol. The minimum absolute atomic E-state index is 0.131. The minimum atomic E-state index is -1.49. The third kappa shape index (κ3) is 3.39. The second kappa shape index (κ2) is 6.56. The molecule has 1 heterocycles. The first-order valence-corrected chi connectivity index (χ1v) is 6.42. The number of aromatic nitrogens is 1. The third-order valence-electron chi connectivity index (χ3n) is 2.82. The van der Waals surface area contributed by atoms with E-state index in [1.165, 1.54) is 6.20 Å². The highest BCUT2D eigenvalue weighted by molar-refractivity contribution is 5.56. The van der Waals surface area contributed by atoms with Crippen molar-refractivity contribution in [2.24, 2.45) is 0 Å². The Hall–Kier alpha value is -1.82. The Bertz CT molecular complexity index is 561. The summed E-state index contributed by atoms with van der Waals surface area (Å²) in [5, 5.41) is 3.17. The van der Waals surface area contributed by atoms with Crippen molar-refractivity contribution in [1.29, 1.82) is 0 Å². The Morgan fingerprint density at radius 3 is 2.55 bits per heavy atom. The van der Waals surface area contributed by atoms with E-state index in [2.05, 4.69) is 10.3 Å². The van der Waals surface area contributed by atoms with Crippen LogP contribution in [0, 0.1) is 17.5 Å². The highest BCUT2D eigenvalue weighted by Gasteiger charge is 2.14. The van der Waals surface area contributed by atoms with Crippen LogP contribution in [-0.2, 0) is 6.42 Å². The molecule has 0 atom stereocenters. The lowest BCUT2D eigenvalue weighted by molar-refractivity contribution is 0.446. The second-order valence-electron chi connectivity index (χ2n) is 4.33. The van der Waals surface area contributed by atoms with Crippen LogP contribution in [0.3, 0.4) is 0 Å². The average molecular weight is 284 g/mol. The van der Waals surface area contributed by atoms with Crippen molar-refractivity contribution in [3.8, 4) is 11.3 Å². The summed E-state index contributed by atoms with van der Waals surface area (Å²) >= 11 is 0. The van der Waals surface area contributed by atoms with Gasteiger partial charge in [0.15, 0.2) is 29.1 Å². The molecule has 2 aromatic rings. The van der Waals surface area contributed by atoms with E-state index < -0.39 is 17.5 Å².